The number of urea groups is 1. The lowest BCUT2D eigenvalue weighted by molar-refractivity contribution is 0.0167. The molecule has 8 heteroatoms. The van der Waals surface area contributed by atoms with Gasteiger partial charge in [0.05, 0.1) is 7.11 Å². The first-order valence-corrected chi connectivity index (χ1v) is 10.4. The molecule has 0 atom stereocenters. The van der Waals surface area contributed by atoms with E-state index in [4.69, 9.17) is 9.47 Å². The molecule has 3 N–H and O–H groups in total. The summed E-state index contributed by atoms with van der Waals surface area (Å²) >= 11 is 0. The number of hydrogen-bond acceptors (Lipinski definition) is 4. The van der Waals surface area contributed by atoms with Crippen LogP contribution in [0.4, 0.5) is 25.0 Å². The van der Waals surface area contributed by atoms with Crippen molar-refractivity contribution < 1.29 is 23.0 Å². The molecule has 31 heavy (non-hydrogen) atoms. The highest BCUT2D eigenvalue weighted by Crippen LogP contribution is 2.34. The third-order valence-electron chi connectivity index (χ3n) is 4.72. The molecule has 0 saturated heterocycles. The van der Waals surface area contributed by atoms with E-state index in [-0.39, 0.29) is 25.0 Å². The van der Waals surface area contributed by atoms with Gasteiger partial charge < -0.3 is 25.4 Å². The van der Waals surface area contributed by atoms with Crippen molar-refractivity contribution in [2.24, 2.45) is 0 Å². The van der Waals surface area contributed by atoms with E-state index < -0.39 is 5.92 Å². The second-order valence-electron chi connectivity index (χ2n) is 7.35. The Morgan fingerprint density at radius 3 is 2.26 bits per heavy atom. The van der Waals surface area contributed by atoms with Crippen molar-refractivity contribution in [3.63, 3.8) is 0 Å². The molecule has 2 amide bonds. The topological polar surface area (TPSA) is 71.6 Å². The highest BCUT2D eigenvalue weighted by molar-refractivity contribution is 5.89. The fraction of sp³-hybridized carbons (Fsp3) is 0.435. The zero-order valence-corrected chi connectivity index (χ0v) is 18.4. The number of carbonyl (C=O) groups is 1. The highest BCUT2D eigenvalue weighted by Gasteiger charge is 2.19. The van der Waals surface area contributed by atoms with Gasteiger partial charge >= 0.3 is 6.03 Å². The number of alkyl halides is 2. The van der Waals surface area contributed by atoms with Crippen molar-refractivity contribution in [1.29, 1.82) is 0 Å². The van der Waals surface area contributed by atoms with Gasteiger partial charge in [0.2, 0.25) is 5.92 Å². The predicted molar refractivity (Wildman–Crippen MR) is 120 cm³/mol. The Kier molecular flexibility index (Phi) is 8.90. The summed E-state index contributed by atoms with van der Waals surface area (Å²) < 4.78 is 37.0. The maximum Gasteiger partial charge on any atom is 0.319 e. The summed E-state index contributed by atoms with van der Waals surface area (Å²) in [6.07, 6.45) is 1.48. The summed E-state index contributed by atoms with van der Waals surface area (Å²) in [5, 5.41) is 8.67. The van der Waals surface area contributed by atoms with E-state index in [1.54, 1.807) is 42.5 Å². The van der Waals surface area contributed by atoms with Crippen molar-refractivity contribution in [3.05, 3.63) is 42.5 Å². The van der Waals surface area contributed by atoms with Gasteiger partial charge in [0.1, 0.15) is 5.75 Å². The van der Waals surface area contributed by atoms with E-state index in [2.05, 4.69) is 16.0 Å². The molecule has 0 aliphatic carbocycles. The van der Waals surface area contributed by atoms with Crippen LogP contribution in [0.2, 0.25) is 0 Å². The van der Waals surface area contributed by atoms with Crippen LogP contribution in [0.15, 0.2) is 42.5 Å². The summed E-state index contributed by atoms with van der Waals surface area (Å²) in [6.45, 7) is 5.13. The minimum Gasteiger partial charge on any atom is -0.493 e. The first-order chi connectivity index (χ1) is 14.7. The fourth-order valence-electron chi connectivity index (χ4n) is 2.87. The zero-order valence-electron chi connectivity index (χ0n) is 18.4. The van der Waals surface area contributed by atoms with Gasteiger partial charge in [-0.05, 0) is 56.2 Å². The molecule has 2 aromatic rings. The standard InChI is InChI=1S/C23H31F2N3O3/c1-5-16(6-2)27-22(29)28-18-9-12-20(21(15-18)30-4)31-19-10-7-17(8-11-19)26-14-13-23(3,24)25/h7-12,15-16,26H,5-6,13-14H2,1-4H3,(H2,27,28,29). The summed E-state index contributed by atoms with van der Waals surface area (Å²) in [7, 11) is 1.52. The summed E-state index contributed by atoms with van der Waals surface area (Å²) in [5.41, 5.74) is 1.31. The lowest BCUT2D eigenvalue weighted by atomic mass is 10.2. The van der Waals surface area contributed by atoms with Gasteiger partial charge in [-0.15, -0.1) is 0 Å². The van der Waals surface area contributed by atoms with Crippen LogP contribution < -0.4 is 25.4 Å². The molecule has 6 nitrogen and oxygen atoms in total. The number of amides is 2. The van der Waals surface area contributed by atoms with Gasteiger partial charge in [-0.3, -0.25) is 0 Å². The molecule has 0 aromatic heterocycles. The van der Waals surface area contributed by atoms with Crippen LogP contribution in [-0.2, 0) is 0 Å². The lowest BCUT2D eigenvalue weighted by Gasteiger charge is -2.16. The van der Waals surface area contributed by atoms with Crippen LogP contribution in [0.25, 0.3) is 0 Å². The Morgan fingerprint density at radius 1 is 1.03 bits per heavy atom. The molecule has 0 aliphatic rings. The summed E-state index contributed by atoms with van der Waals surface area (Å²) in [5.74, 6) is -1.17. The molecular formula is C23H31F2N3O3. The van der Waals surface area contributed by atoms with E-state index in [1.807, 2.05) is 13.8 Å². The van der Waals surface area contributed by atoms with Crippen LogP contribution in [0.1, 0.15) is 40.0 Å². The number of ether oxygens (including phenoxy) is 2. The number of benzene rings is 2. The second-order valence-corrected chi connectivity index (χ2v) is 7.35. The third kappa shape index (κ3) is 8.32. The number of nitrogens with one attached hydrogen (secondary N) is 3. The SMILES string of the molecule is CCC(CC)NC(=O)Nc1ccc(Oc2ccc(NCCC(C)(F)F)cc2)c(OC)c1. The van der Waals surface area contributed by atoms with Gasteiger partial charge in [0.25, 0.3) is 0 Å². The van der Waals surface area contributed by atoms with Crippen molar-refractivity contribution in [2.45, 2.75) is 52.0 Å². The van der Waals surface area contributed by atoms with Crippen molar-refractivity contribution in [3.8, 4) is 17.2 Å². The fourth-order valence-corrected chi connectivity index (χ4v) is 2.87. The Balaban J connectivity index is 1.98. The van der Waals surface area contributed by atoms with E-state index >= 15 is 0 Å². The Morgan fingerprint density at radius 2 is 1.68 bits per heavy atom. The summed E-state index contributed by atoms with van der Waals surface area (Å²) in [6, 6.07) is 12.0. The maximum atomic E-state index is 12.9. The highest BCUT2D eigenvalue weighted by atomic mass is 19.3. The van der Waals surface area contributed by atoms with Crippen LogP contribution in [-0.4, -0.2) is 31.7 Å². The molecule has 0 heterocycles. The van der Waals surface area contributed by atoms with Crippen LogP contribution in [0.5, 0.6) is 17.2 Å². The average Bonchev–Trinajstić information content (AvgIpc) is 2.73. The molecule has 0 spiro atoms. The van der Waals surface area contributed by atoms with Crippen LogP contribution in [0.3, 0.4) is 0 Å². The predicted octanol–water partition coefficient (Wildman–Crippen LogP) is 6.25. The van der Waals surface area contributed by atoms with Crippen molar-refractivity contribution >= 4 is 17.4 Å². The molecule has 0 saturated carbocycles. The van der Waals surface area contributed by atoms with Gasteiger partial charge in [0, 0.05) is 36.4 Å². The molecule has 0 aliphatic heterocycles. The molecule has 0 unspecified atom stereocenters. The number of anilines is 2. The monoisotopic (exact) mass is 435 g/mol. The second kappa shape index (κ2) is 11.4. The van der Waals surface area contributed by atoms with Gasteiger partial charge in [-0.1, -0.05) is 13.8 Å². The minimum absolute atomic E-state index is 0.125. The lowest BCUT2D eigenvalue weighted by Crippen LogP contribution is -2.37. The molecule has 2 rings (SSSR count). The van der Waals surface area contributed by atoms with Gasteiger partial charge in [-0.2, -0.15) is 0 Å². The Hall–Kier alpha value is -3.03. The first-order valence-electron chi connectivity index (χ1n) is 10.4. The number of hydrogen-bond donors (Lipinski definition) is 3. The normalized spacial score (nSPS) is 11.2. The number of methoxy groups -OCH3 is 1. The number of rotatable bonds is 11. The van der Waals surface area contributed by atoms with E-state index in [1.165, 1.54) is 7.11 Å². The number of halogens is 2. The minimum atomic E-state index is -2.69. The molecular weight excluding hydrogens is 404 g/mol. The van der Waals surface area contributed by atoms with Crippen LogP contribution in [0, 0.1) is 0 Å². The molecule has 2 aromatic carbocycles. The van der Waals surface area contributed by atoms with E-state index in [0.29, 0.717) is 22.9 Å². The average molecular weight is 436 g/mol. The van der Waals surface area contributed by atoms with E-state index in [9.17, 15) is 13.6 Å². The maximum absolute atomic E-state index is 12.9. The molecule has 0 radical (unpaired) electrons. The summed E-state index contributed by atoms with van der Waals surface area (Å²) in [4.78, 5) is 12.1. The van der Waals surface area contributed by atoms with Gasteiger partial charge in [0.15, 0.2) is 11.5 Å². The Bertz CT molecular complexity index is 835. The van der Waals surface area contributed by atoms with Crippen molar-refractivity contribution in [2.75, 3.05) is 24.3 Å². The smallest absolute Gasteiger partial charge is 0.319 e. The van der Waals surface area contributed by atoms with Gasteiger partial charge in [-0.25, -0.2) is 13.6 Å². The number of carbonyl (C=O) groups excluding carboxylic acids is 1. The largest absolute Gasteiger partial charge is 0.493 e. The van der Waals surface area contributed by atoms with E-state index in [0.717, 1.165) is 25.5 Å². The zero-order chi connectivity index (χ0) is 22.9. The molecule has 0 bridgehead atoms. The quantitative estimate of drug-likeness (QED) is 0.390. The van der Waals surface area contributed by atoms with Crippen LogP contribution >= 0.6 is 0 Å². The molecule has 0 fully saturated rings. The molecule has 170 valence electrons. The van der Waals surface area contributed by atoms with Crippen molar-refractivity contribution in [1.82, 2.24) is 5.32 Å². The Labute approximate surface area is 182 Å². The third-order valence-corrected chi connectivity index (χ3v) is 4.72. The first kappa shape index (κ1) is 24.2.